The summed E-state index contributed by atoms with van der Waals surface area (Å²) in [6.07, 6.45) is 19.5. The minimum atomic E-state index is 0.162. The lowest BCUT2D eigenvalue weighted by Gasteiger charge is -2.30. The molecule has 0 saturated carbocycles. The van der Waals surface area contributed by atoms with Crippen molar-refractivity contribution in [3.63, 3.8) is 0 Å². The van der Waals surface area contributed by atoms with Crippen molar-refractivity contribution in [3.05, 3.63) is 12.7 Å². The van der Waals surface area contributed by atoms with Gasteiger partial charge < -0.3 is 0 Å². The normalized spacial score (nSPS) is 12.0. The van der Waals surface area contributed by atoms with Gasteiger partial charge in [-0.3, -0.25) is 0 Å². The second-order valence-corrected chi connectivity index (χ2v) is 6.67. The second-order valence-electron chi connectivity index (χ2n) is 6.67. The van der Waals surface area contributed by atoms with Crippen molar-refractivity contribution in [2.75, 3.05) is 0 Å². The monoisotopic (exact) mass is 293 g/mol. The van der Waals surface area contributed by atoms with Gasteiger partial charge in [0, 0.05) is 0 Å². The van der Waals surface area contributed by atoms with E-state index in [2.05, 4.69) is 35.5 Å². The number of nitrogens with zero attached hydrogens (tertiary/aromatic N) is 3. The summed E-state index contributed by atoms with van der Waals surface area (Å²) in [4.78, 5) is 4.16. The lowest BCUT2D eigenvalue weighted by Crippen LogP contribution is -2.30. The van der Waals surface area contributed by atoms with Gasteiger partial charge in [-0.1, -0.05) is 78.1 Å². The molecule has 0 amide bonds. The first kappa shape index (κ1) is 18.2. The SMILES string of the molecule is CCCCCCCC(C)(CCCCCCC)n1cncn1. The minimum absolute atomic E-state index is 0.162. The molecule has 0 unspecified atom stereocenters. The average molecular weight is 293 g/mol. The third kappa shape index (κ3) is 7.10. The van der Waals surface area contributed by atoms with Gasteiger partial charge >= 0.3 is 0 Å². The largest absolute Gasteiger partial charge is 0.247 e. The first-order chi connectivity index (χ1) is 10.2. The van der Waals surface area contributed by atoms with Gasteiger partial charge in [-0.2, -0.15) is 5.10 Å². The number of aromatic nitrogens is 3. The lowest BCUT2D eigenvalue weighted by molar-refractivity contribution is 0.226. The van der Waals surface area contributed by atoms with Crippen LogP contribution in [-0.4, -0.2) is 14.8 Å². The van der Waals surface area contributed by atoms with Crippen LogP contribution in [0, 0.1) is 0 Å². The van der Waals surface area contributed by atoms with Crippen LogP contribution in [0.5, 0.6) is 0 Å². The third-order valence-corrected chi connectivity index (χ3v) is 4.61. The first-order valence-electron chi connectivity index (χ1n) is 9.08. The number of rotatable bonds is 13. The van der Waals surface area contributed by atoms with Gasteiger partial charge in [-0.25, -0.2) is 9.67 Å². The summed E-state index contributed by atoms with van der Waals surface area (Å²) in [5.74, 6) is 0. The van der Waals surface area contributed by atoms with Gasteiger partial charge in [0.1, 0.15) is 12.7 Å². The quantitative estimate of drug-likeness (QED) is 0.436. The maximum Gasteiger partial charge on any atom is 0.137 e. The summed E-state index contributed by atoms with van der Waals surface area (Å²) < 4.78 is 2.10. The van der Waals surface area contributed by atoms with Gasteiger partial charge in [0.25, 0.3) is 0 Å². The summed E-state index contributed by atoms with van der Waals surface area (Å²) in [6, 6.07) is 0. The summed E-state index contributed by atoms with van der Waals surface area (Å²) in [5, 5.41) is 4.42. The van der Waals surface area contributed by atoms with E-state index < -0.39 is 0 Å². The number of unbranched alkanes of at least 4 members (excludes halogenated alkanes) is 8. The molecule has 0 aromatic carbocycles. The Kier molecular flexibility index (Phi) is 9.36. The zero-order valence-corrected chi connectivity index (χ0v) is 14.5. The van der Waals surface area contributed by atoms with Crippen LogP contribution in [0.25, 0.3) is 0 Å². The standard InChI is InChI=1S/C18H35N3/c1-4-6-8-10-12-14-18(3,21-17-19-16-20-21)15-13-11-9-7-5-2/h16-17H,4-15H2,1-3H3. The zero-order valence-electron chi connectivity index (χ0n) is 14.5. The molecule has 122 valence electrons. The van der Waals surface area contributed by atoms with Crippen LogP contribution in [-0.2, 0) is 5.54 Å². The van der Waals surface area contributed by atoms with E-state index in [9.17, 15) is 0 Å². The van der Waals surface area contributed by atoms with E-state index >= 15 is 0 Å². The van der Waals surface area contributed by atoms with Crippen molar-refractivity contribution in [3.8, 4) is 0 Å². The molecule has 0 aliphatic carbocycles. The van der Waals surface area contributed by atoms with Gasteiger partial charge in [-0.05, 0) is 19.8 Å². The maximum atomic E-state index is 4.42. The van der Waals surface area contributed by atoms with Crippen molar-refractivity contribution in [1.82, 2.24) is 14.8 Å². The van der Waals surface area contributed by atoms with Crippen molar-refractivity contribution >= 4 is 0 Å². The van der Waals surface area contributed by atoms with E-state index in [-0.39, 0.29) is 5.54 Å². The molecule has 0 bridgehead atoms. The van der Waals surface area contributed by atoms with Crippen LogP contribution in [0.3, 0.4) is 0 Å². The van der Waals surface area contributed by atoms with Crippen LogP contribution >= 0.6 is 0 Å². The number of hydrogen-bond acceptors (Lipinski definition) is 2. The minimum Gasteiger partial charge on any atom is -0.247 e. The molecular weight excluding hydrogens is 258 g/mol. The van der Waals surface area contributed by atoms with Crippen LogP contribution in [0.2, 0.25) is 0 Å². The van der Waals surface area contributed by atoms with E-state index in [1.54, 1.807) is 6.33 Å². The molecule has 0 radical (unpaired) electrons. The van der Waals surface area contributed by atoms with E-state index in [1.165, 1.54) is 77.0 Å². The fourth-order valence-electron chi connectivity index (χ4n) is 3.06. The van der Waals surface area contributed by atoms with Crippen molar-refractivity contribution in [1.29, 1.82) is 0 Å². The predicted octanol–water partition coefficient (Wildman–Crippen LogP) is 5.71. The first-order valence-corrected chi connectivity index (χ1v) is 9.08. The summed E-state index contributed by atoms with van der Waals surface area (Å²) in [7, 11) is 0. The van der Waals surface area contributed by atoms with E-state index in [4.69, 9.17) is 0 Å². The van der Waals surface area contributed by atoms with E-state index in [0.717, 1.165) is 0 Å². The van der Waals surface area contributed by atoms with Crippen LogP contribution in [0.4, 0.5) is 0 Å². The molecule has 0 atom stereocenters. The zero-order chi connectivity index (χ0) is 15.4. The molecule has 21 heavy (non-hydrogen) atoms. The Morgan fingerprint density at radius 2 is 1.33 bits per heavy atom. The fraction of sp³-hybridized carbons (Fsp3) is 0.889. The Hall–Kier alpha value is -0.860. The Bertz CT molecular complexity index is 318. The smallest absolute Gasteiger partial charge is 0.137 e. The molecule has 0 aliphatic rings. The van der Waals surface area contributed by atoms with Gasteiger partial charge in [0.05, 0.1) is 5.54 Å². The van der Waals surface area contributed by atoms with Crippen LogP contribution in [0.15, 0.2) is 12.7 Å². The highest BCUT2D eigenvalue weighted by atomic mass is 15.3. The topological polar surface area (TPSA) is 30.7 Å². The molecule has 0 saturated heterocycles. The highest BCUT2D eigenvalue weighted by Gasteiger charge is 2.26. The van der Waals surface area contributed by atoms with Crippen LogP contribution < -0.4 is 0 Å². The van der Waals surface area contributed by atoms with Crippen molar-refractivity contribution in [2.45, 2.75) is 103 Å². The summed E-state index contributed by atoms with van der Waals surface area (Å²) in [5.41, 5.74) is 0.162. The molecule has 0 N–H and O–H groups in total. The molecule has 0 fully saturated rings. The predicted molar refractivity (Wildman–Crippen MR) is 90.4 cm³/mol. The molecule has 1 rings (SSSR count). The van der Waals surface area contributed by atoms with Gasteiger partial charge in [0.2, 0.25) is 0 Å². The average Bonchev–Trinajstić information content (AvgIpc) is 3.02. The lowest BCUT2D eigenvalue weighted by atomic mass is 9.88. The molecule has 3 nitrogen and oxygen atoms in total. The summed E-state index contributed by atoms with van der Waals surface area (Å²) in [6.45, 7) is 6.91. The fourth-order valence-corrected chi connectivity index (χ4v) is 3.06. The molecule has 1 aromatic rings. The molecular formula is C18H35N3. The molecule has 0 aliphatic heterocycles. The third-order valence-electron chi connectivity index (χ3n) is 4.61. The van der Waals surface area contributed by atoms with E-state index in [1.807, 2.05) is 6.33 Å². The molecule has 1 aromatic heterocycles. The molecule has 0 spiro atoms. The van der Waals surface area contributed by atoms with Gasteiger partial charge in [0.15, 0.2) is 0 Å². The Balaban J connectivity index is 2.39. The maximum absolute atomic E-state index is 4.42. The van der Waals surface area contributed by atoms with E-state index in [0.29, 0.717) is 0 Å². The highest BCUT2D eigenvalue weighted by Crippen LogP contribution is 2.29. The molecule has 1 heterocycles. The highest BCUT2D eigenvalue weighted by molar-refractivity contribution is 4.81. The van der Waals surface area contributed by atoms with Crippen molar-refractivity contribution in [2.24, 2.45) is 0 Å². The second kappa shape index (κ2) is 10.8. The summed E-state index contributed by atoms with van der Waals surface area (Å²) >= 11 is 0. The Morgan fingerprint density at radius 1 is 0.810 bits per heavy atom. The Labute approximate surface area is 131 Å². The molecule has 3 heteroatoms. The number of hydrogen-bond donors (Lipinski definition) is 0. The van der Waals surface area contributed by atoms with Gasteiger partial charge in [-0.15, -0.1) is 0 Å². The Morgan fingerprint density at radius 3 is 1.76 bits per heavy atom. The van der Waals surface area contributed by atoms with Crippen LogP contribution in [0.1, 0.15) is 97.8 Å². The van der Waals surface area contributed by atoms with Crippen molar-refractivity contribution < 1.29 is 0 Å².